The second-order valence-corrected chi connectivity index (χ2v) is 6.69. The van der Waals surface area contributed by atoms with Gasteiger partial charge in [-0.05, 0) is 38.2 Å². The van der Waals surface area contributed by atoms with Gasteiger partial charge in [-0.15, -0.1) is 0 Å². The highest BCUT2D eigenvalue weighted by atomic mass is 19.1. The lowest BCUT2D eigenvalue weighted by molar-refractivity contribution is -0.00914. The van der Waals surface area contributed by atoms with Crippen LogP contribution in [0.15, 0.2) is 35.0 Å². The van der Waals surface area contributed by atoms with Crippen LogP contribution >= 0.6 is 0 Å². The van der Waals surface area contributed by atoms with Crippen molar-refractivity contribution in [1.82, 2.24) is 4.90 Å². The highest BCUT2D eigenvalue weighted by Crippen LogP contribution is 2.32. The van der Waals surface area contributed by atoms with Crippen LogP contribution in [0.2, 0.25) is 0 Å². The van der Waals surface area contributed by atoms with Gasteiger partial charge in [-0.1, -0.05) is 26.8 Å². The average Bonchev–Trinajstić information content (AvgIpc) is 2.50. The summed E-state index contributed by atoms with van der Waals surface area (Å²) in [6, 6.07) is 0. The molecule has 0 aromatic heterocycles. The molecule has 132 valence electrons. The Bertz CT molecular complexity index is 480. The van der Waals surface area contributed by atoms with E-state index in [4.69, 9.17) is 9.47 Å². The third-order valence-electron chi connectivity index (χ3n) is 4.43. The summed E-state index contributed by atoms with van der Waals surface area (Å²) in [6.45, 7) is 10.5. The van der Waals surface area contributed by atoms with Gasteiger partial charge in [-0.2, -0.15) is 0 Å². The van der Waals surface area contributed by atoms with Crippen LogP contribution in [0.3, 0.4) is 0 Å². The normalized spacial score (nSPS) is 28.0. The number of likely N-dealkylation sites (N-methyl/N-ethyl adjacent to an activating group) is 1. The van der Waals surface area contributed by atoms with Gasteiger partial charge in [0.1, 0.15) is 18.3 Å². The molecule has 1 aliphatic rings. The predicted molar refractivity (Wildman–Crippen MR) is 93.4 cm³/mol. The second kappa shape index (κ2) is 9.11. The molecule has 0 aliphatic carbocycles. The Kier molecular flexibility index (Phi) is 7.83. The van der Waals surface area contributed by atoms with Crippen LogP contribution in [0.25, 0.3) is 0 Å². The molecule has 23 heavy (non-hydrogen) atoms. The average molecular weight is 325 g/mol. The van der Waals surface area contributed by atoms with Gasteiger partial charge in [-0.25, -0.2) is 4.39 Å². The van der Waals surface area contributed by atoms with Crippen molar-refractivity contribution in [1.29, 1.82) is 0 Å². The van der Waals surface area contributed by atoms with Crippen LogP contribution in [0.4, 0.5) is 4.39 Å². The molecule has 0 amide bonds. The number of rotatable bonds is 6. The minimum Gasteiger partial charge on any atom is -0.498 e. The summed E-state index contributed by atoms with van der Waals surface area (Å²) < 4.78 is 26.2. The van der Waals surface area contributed by atoms with Crippen LogP contribution in [0.5, 0.6) is 0 Å². The van der Waals surface area contributed by atoms with Gasteiger partial charge < -0.3 is 14.4 Å². The van der Waals surface area contributed by atoms with Crippen molar-refractivity contribution in [3.05, 3.63) is 35.0 Å². The molecule has 4 heteroatoms. The quantitative estimate of drug-likeness (QED) is 0.640. The summed E-state index contributed by atoms with van der Waals surface area (Å²) in [7, 11) is 3.63. The number of methoxy groups -OCH3 is 1. The van der Waals surface area contributed by atoms with Crippen LogP contribution in [0.1, 0.15) is 47.5 Å². The molecule has 0 aromatic rings. The van der Waals surface area contributed by atoms with Crippen molar-refractivity contribution in [3.8, 4) is 0 Å². The molecule has 0 unspecified atom stereocenters. The fourth-order valence-electron chi connectivity index (χ4n) is 2.85. The molecule has 0 bridgehead atoms. The van der Waals surface area contributed by atoms with Crippen LogP contribution in [-0.2, 0) is 9.47 Å². The molecule has 0 aromatic carbocycles. The van der Waals surface area contributed by atoms with Crippen molar-refractivity contribution < 1.29 is 13.9 Å². The maximum absolute atomic E-state index is 14.9. The van der Waals surface area contributed by atoms with Crippen molar-refractivity contribution in [2.45, 2.75) is 53.7 Å². The standard InChI is InChI=1S/C19H32FNO2/c1-8-16-14(4)11-23-12-17(15(5)19(16)20)21(6)18(22-7)10-9-13(2)3/h8,12-14,18H,9-11H2,1-7H3/b16-8+,17-12+,19-15+/t14-,18+/m1/s1. The van der Waals surface area contributed by atoms with Crippen LogP contribution < -0.4 is 0 Å². The molecule has 0 N–H and O–H groups in total. The predicted octanol–water partition coefficient (Wildman–Crippen LogP) is 5.02. The summed E-state index contributed by atoms with van der Waals surface area (Å²) in [5.74, 6) is 0.491. The van der Waals surface area contributed by atoms with Crippen molar-refractivity contribution >= 4 is 0 Å². The number of halogens is 1. The summed E-state index contributed by atoms with van der Waals surface area (Å²) in [5, 5.41) is 0. The van der Waals surface area contributed by atoms with E-state index < -0.39 is 0 Å². The van der Waals surface area contributed by atoms with E-state index in [0.717, 1.165) is 18.5 Å². The zero-order valence-corrected chi connectivity index (χ0v) is 15.6. The van der Waals surface area contributed by atoms with E-state index in [1.54, 1.807) is 20.3 Å². The van der Waals surface area contributed by atoms with Gasteiger partial charge in [0.25, 0.3) is 0 Å². The minimum atomic E-state index is -0.153. The minimum absolute atomic E-state index is 0.0391. The zero-order chi connectivity index (χ0) is 17.6. The smallest absolute Gasteiger partial charge is 0.131 e. The summed E-state index contributed by atoms with van der Waals surface area (Å²) in [6.07, 6.45) is 5.35. The number of hydrogen-bond acceptors (Lipinski definition) is 3. The van der Waals surface area contributed by atoms with Gasteiger partial charge in [0.15, 0.2) is 0 Å². The maximum Gasteiger partial charge on any atom is 0.131 e. The molecule has 0 spiro atoms. The highest BCUT2D eigenvalue weighted by molar-refractivity contribution is 5.40. The Balaban J connectivity index is 3.08. The summed E-state index contributed by atoms with van der Waals surface area (Å²) >= 11 is 0. The topological polar surface area (TPSA) is 21.7 Å². The molecule has 1 heterocycles. The molecule has 1 aliphatic heterocycles. The maximum atomic E-state index is 14.9. The van der Waals surface area contributed by atoms with Gasteiger partial charge in [0.05, 0.1) is 12.3 Å². The summed E-state index contributed by atoms with van der Waals surface area (Å²) in [5.41, 5.74) is 2.04. The molecule has 2 atom stereocenters. The molecule has 1 rings (SSSR count). The van der Waals surface area contributed by atoms with Crippen LogP contribution in [0, 0.1) is 11.8 Å². The van der Waals surface area contributed by atoms with E-state index in [2.05, 4.69) is 13.8 Å². The Morgan fingerprint density at radius 2 is 2.09 bits per heavy atom. The van der Waals surface area contributed by atoms with E-state index in [1.165, 1.54) is 0 Å². The van der Waals surface area contributed by atoms with Crippen LogP contribution in [-0.4, -0.2) is 31.9 Å². The lowest BCUT2D eigenvalue weighted by atomic mass is 9.96. The van der Waals surface area contributed by atoms with Gasteiger partial charge in [0.2, 0.25) is 0 Å². The molecular formula is C19H32FNO2. The molecular weight excluding hydrogens is 293 g/mol. The highest BCUT2D eigenvalue weighted by Gasteiger charge is 2.25. The van der Waals surface area contributed by atoms with E-state index in [-0.39, 0.29) is 18.0 Å². The second-order valence-electron chi connectivity index (χ2n) is 6.69. The van der Waals surface area contributed by atoms with Gasteiger partial charge in [-0.3, -0.25) is 0 Å². The van der Waals surface area contributed by atoms with Crippen molar-refractivity contribution in [3.63, 3.8) is 0 Å². The molecule has 0 fully saturated rings. The lowest BCUT2D eigenvalue weighted by Gasteiger charge is -2.33. The number of ether oxygens (including phenoxy) is 2. The van der Waals surface area contributed by atoms with Crippen molar-refractivity contribution in [2.75, 3.05) is 20.8 Å². The Morgan fingerprint density at radius 1 is 1.43 bits per heavy atom. The zero-order valence-electron chi connectivity index (χ0n) is 15.6. The van der Waals surface area contributed by atoms with Gasteiger partial charge in [0, 0.05) is 25.6 Å². The fourth-order valence-corrected chi connectivity index (χ4v) is 2.85. The Morgan fingerprint density at radius 3 is 2.61 bits per heavy atom. The summed E-state index contributed by atoms with van der Waals surface area (Å²) in [4.78, 5) is 1.97. The molecule has 3 nitrogen and oxygen atoms in total. The SMILES string of the molecule is C/C=C1/C(F)=C(C)\C(N(C)[C@H](CCC(C)C)OC)=C/OC[C@H]1C. The van der Waals surface area contributed by atoms with Gasteiger partial charge >= 0.3 is 0 Å². The number of nitrogens with zero attached hydrogens (tertiary/aromatic N) is 1. The number of allylic oxidation sites excluding steroid dienone is 3. The van der Waals surface area contributed by atoms with Crippen molar-refractivity contribution in [2.24, 2.45) is 11.8 Å². The molecule has 0 radical (unpaired) electrons. The Hall–Kier alpha value is -1.29. The van der Waals surface area contributed by atoms with E-state index in [9.17, 15) is 4.39 Å². The monoisotopic (exact) mass is 325 g/mol. The first kappa shape index (κ1) is 19.8. The largest absolute Gasteiger partial charge is 0.498 e. The molecule has 0 saturated carbocycles. The molecule has 0 saturated heterocycles. The van der Waals surface area contributed by atoms with E-state index >= 15 is 0 Å². The fraction of sp³-hybridized carbons (Fsp3) is 0.684. The lowest BCUT2D eigenvalue weighted by Crippen LogP contribution is -2.34. The first-order chi connectivity index (χ1) is 10.8. The number of hydrogen-bond donors (Lipinski definition) is 0. The first-order valence-electron chi connectivity index (χ1n) is 8.44. The van der Waals surface area contributed by atoms with E-state index in [0.29, 0.717) is 23.7 Å². The first-order valence-corrected chi connectivity index (χ1v) is 8.44. The van der Waals surface area contributed by atoms with E-state index in [1.807, 2.05) is 31.9 Å². The third kappa shape index (κ3) is 5.10. The Labute approximate surface area is 140 Å². The third-order valence-corrected chi connectivity index (χ3v) is 4.43.